The van der Waals surface area contributed by atoms with Gasteiger partial charge in [0, 0.05) is 30.3 Å². The van der Waals surface area contributed by atoms with Gasteiger partial charge >= 0.3 is 13.0 Å². The number of rotatable bonds is 14. The molecule has 0 radical (unpaired) electrons. The number of amides is 1. The zero-order chi connectivity index (χ0) is 33.5. The molecule has 1 fully saturated rings. The monoisotopic (exact) mass is 673 g/mol. The number of aliphatic hydroxyl groups excluding tert-OH is 1. The summed E-state index contributed by atoms with van der Waals surface area (Å²) < 4.78 is 101. The Labute approximate surface area is 262 Å². The molecule has 0 spiro atoms. The summed E-state index contributed by atoms with van der Waals surface area (Å²) >= 11 is 0. The lowest BCUT2D eigenvalue weighted by Crippen LogP contribution is -2.34. The summed E-state index contributed by atoms with van der Waals surface area (Å²) in [5.74, 6) is -1.02. The van der Waals surface area contributed by atoms with Gasteiger partial charge < -0.3 is 29.5 Å². The highest BCUT2D eigenvalue weighted by Gasteiger charge is 2.35. The third kappa shape index (κ3) is 9.50. The highest BCUT2D eigenvalue weighted by molar-refractivity contribution is 7.91. The predicted octanol–water partition coefficient (Wildman–Crippen LogP) is 4.89. The lowest BCUT2D eigenvalue weighted by atomic mass is 10.0. The number of hydrogen-bond donors (Lipinski definition) is 2. The van der Waals surface area contributed by atoms with Gasteiger partial charge in [0.25, 0.3) is 5.91 Å². The summed E-state index contributed by atoms with van der Waals surface area (Å²) in [6.07, 6.45) is -4.18. The Morgan fingerprint density at radius 2 is 1.78 bits per heavy atom. The molecule has 0 aliphatic carbocycles. The molecule has 1 aliphatic heterocycles. The smallest absolute Gasteiger partial charge is 0.472 e. The zero-order valence-corrected chi connectivity index (χ0v) is 25.3. The van der Waals surface area contributed by atoms with Crippen LogP contribution < -0.4 is 19.7 Å². The van der Waals surface area contributed by atoms with Crippen LogP contribution in [0.25, 0.3) is 0 Å². The number of pyridine rings is 1. The highest BCUT2D eigenvalue weighted by atomic mass is 32.2. The van der Waals surface area contributed by atoms with Crippen LogP contribution in [-0.4, -0.2) is 75.0 Å². The molecular weight excluding hydrogens is 641 g/mol. The van der Waals surface area contributed by atoms with E-state index < -0.39 is 52.7 Å². The number of aliphatic hydroxyl groups is 1. The van der Waals surface area contributed by atoms with Crippen molar-refractivity contribution in [3.63, 3.8) is 0 Å². The number of sulfone groups is 1. The van der Waals surface area contributed by atoms with E-state index in [-0.39, 0.29) is 54.7 Å². The molecule has 2 heterocycles. The van der Waals surface area contributed by atoms with Gasteiger partial charge in [-0.25, -0.2) is 13.4 Å². The molecule has 16 heteroatoms. The van der Waals surface area contributed by atoms with Crippen LogP contribution in [0.15, 0.2) is 71.8 Å². The van der Waals surface area contributed by atoms with Gasteiger partial charge in [0.2, 0.25) is 5.88 Å². The molecule has 1 amide bonds. The molecule has 10 nitrogen and oxygen atoms in total. The molecular formula is C30H32F5N3O7S. The van der Waals surface area contributed by atoms with Crippen LogP contribution in [0.3, 0.4) is 0 Å². The Balaban J connectivity index is 1.44. The van der Waals surface area contributed by atoms with Crippen molar-refractivity contribution < 1.29 is 54.5 Å². The number of ether oxygens (including phenoxy) is 3. The topological polar surface area (TPSA) is 127 Å². The van der Waals surface area contributed by atoms with Crippen molar-refractivity contribution in [3.05, 3.63) is 78.0 Å². The van der Waals surface area contributed by atoms with Crippen molar-refractivity contribution >= 4 is 21.4 Å². The standard InChI is InChI=1S/C30H32F5N3O7S/c1-2-46(41,42)25-10-5-19(6-11-25)26(13-14-39)37-28(40)20-3-7-21(8-4-20)38-17-24(15-22(38)18-43-29(31)32)44-27-12-9-23(16-36-27)45-30(33,34)35/h3-12,16,22,24,26,29,39H,2,13-15,17-18H2,1H3,(H,37,40)/t22-,24?,26-/m0/s1. The van der Waals surface area contributed by atoms with Crippen LogP contribution >= 0.6 is 0 Å². The molecule has 0 bridgehead atoms. The van der Waals surface area contributed by atoms with Gasteiger partial charge in [-0.1, -0.05) is 19.1 Å². The van der Waals surface area contributed by atoms with E-state index in [1.807, 2.05) is 0 Å². The van der Waals surface area contributed by atoms with Crippen LogP contribution in [-0.2, 0) is 14.6 Å². The second-order valence-corrected chi connectivity index (χ2v) is 12.6. The van der Waals surface area contributed by atoms with Crippen molar-refractivity contribution in [2.75, 3.05) is 30.4 Å². The van der Waals surface area contributed by atoms with Crippen molar-refractivity contribution in [1.82, 2.24) is 10.3 Å². The van der Waals surface area contributed by atoms with Crippen molar-refractivity contribution in [2.24, 2.45) is 0 Å². The lowest BCUT2D eigenvalue weighted by molar-refractivity contribution is -0.274. The normalized spacial score (nSPS) is 17.6. The van der Waals surface area contributed by atoms with Gasteiger partial charge in [0.15, 0.2) is 9.84 Å². The Morgan fingerprint density at radius 1 is 1.09 bits per heavy atom. The van der Waals surface area contributed by atoms with Crippen molar-refractivity contribution in [3.8, 4) is 11.6 Å². The van der Waals surface area contributed by atoms with Gasteiger partial charge in [-0.05, 0) is 54.4 Å². The first-order valence-corrected chi connectivity index (χ1v) is 15.8. The van der Waals surface area contributed by atoms with Gasteiger partial charge in [0.05, 0.1) is 42.1 Å². The summed E-state index contributed by atoms with van der Waals surface area (Å²) in [6, 6.07) is 13.5. The number of alkyl halides is 5. The number of anilines is 1. The molecule has 2 N–H and O–H groups in total. The van der Waals surface area contributed by atoms with E-state index in [4.69, 9.17) is 4.74 Å². The minimum atomic E-state index is -4.88. The maximum absolute atomic E-state index is 13.1. The number of carbonyl (C=O) groups excluding carboxylic acids is 1. The Hall–Kier alpha value is -4.02. The Bertz CT molecular complexity index is 1540. The molecule has 1 unspecified atom stereocenters. The largest absolute Gasteiger partial charge is 0.573 e. The number of carbonyl (C=O) groups is 1. The van der Waals surface area contributed by atoms with Crippen LogP contribution in [0, 0.1) is 0 Å². The Morgan fingerprint density at radius 3 is 2.35 bits per heavy atom. The van der Waals surface area contributed by atoms with Crippen molar-refractivity contribution in [1.29, 1.82) is 0 Å². The van der Waals surface area contributed by atoms with Gasteiger partial charge in [-0.3, -0.25) is 4.79 Å². The minimum Gasteiger partial charge on any atom is -0.472 e. The molecule has 1 aliphatic rings. The van der Waals surface area contributed by atoms with E-state index in [2.05, 4.69) is 19.8 Å². The van der Waals surface area contributed by atoms with Crippen molar-refractivity contribution in [2.45, 2.75) is 55.8 Å². The fraction of sp³-hybridized carbons (Fsp3) is 0.400. The van der Waals surface area contributed by atoms with Crippen LogP contribution in [0.5, 0.6) is 11.6 Å². The van der Waals surface area contributed by atoms with E-state index >= 15 is 0 Å². The highest BCUT2D eigenvalue weighted by Crippen LogP contribution is 2.30. The molecule has 1 saturated heterocycles. The Kier molecular flexibility index (Phi) is 11.4. The molecule has 3 aromatic rings. The average Bonchev–Trinajstić information content (AvgIpc) is 3.42. The number of nitrogens with one attached hydrogen (secondary N) is 1. The number of benzene rings is 2. The number of hydrogen-bond acceptors (Lipinski definition) is 9. The first-order chi connectivity index (χ1) is 21.8. The lowest BCUT2D eigenvalue weighted by Gasteiger charge is -2.26. The van der Waals surface area contributed by atoms with Gasteiger partial charge in [-0.15, -0.1) is 13.2 Å². The number of aromatic nitrogens is 1. The maximum Gasteiger partial charge on any atom is 0.573 e. The van der Waals surface area contributed by atoms with Gasteiger partial charge in [0.1, 0.15) is 11.9 Å². The van der Waals surface area contributed by atoms with Crippen LogP contribution in [0.2, 0.25) is 0 Å². The molecule has 250 valence electrons. The van der Waals surface area contributed by atoms with E-state index in [0.29, 0.717) is 11.3 Å². The van der Waals surface area contributed by atoms with Crippen LogP contribution in [0.1, 0.15) is 41.7 Å². The SMILES string of the molecule is CCS(=O)(=O)c1ccc([C@H](CCO)NC(=O)c2ccc(N3CC(Oc4ccc(OC(F)(F)F)cn4)C[C@H]3COC(F)F)cc2)cc1. The van der Waals surface area contributed by atoms with E-state index in [9.17, 15) is 40.3 Å². The van der Waals surface area contributed by atoms with E-state index in [1.165, 1.54) is 37.3 Å². The fourth-order valence-electron chi connectivity index (χ4n) is 4.99. The number of halogens is 5. The summed E-state index contributed by atoms with van der Waals surface area (Å²) in [5.41, 5.74) is 1.46. The average molecular weight is 674 g/mol. The maximum atomic E-state index is 13.1. The van der Waals surface area contributed by atoms with Gasteiger partial charge in [-0.2, -0.15) is 8.78 Å². The zero-order valence-electron chi connectivity index (χ0n) is 24.5. The first-order valence-electron chi connectivity index (χ1n) is 14.2. The third-order valence-electron chi connectivity index (χ3n) is 7.23. The first kappa shape index (κ1) is 34.8. The molecule has 3 atom stereocenters. The fourth-order valence-corrected chi connectivity index (χ4v) is 5.87. The summed E-state index contributed by atoms with van der Waals surface area (Å²) in [6.45, 7) is -1.84. The summed E-state index contributed by atoms with van der Waals surface area (Å²) in [7, 11) is -3.40. The quantitative estimate of drug-likeness (QED) is 0.230. The van der Waals surface area contributed by atoms with E-state index in [0.717, 1.165) is 12.3 Å². The second-order valence-electron chi connectivity index (χ2n) is 10.3. The minimum absolute atomic E-state index is 0.0148. The molecule has 46 heavy (non-hydrogen) atoms. The predicted molar refractivity (Wildman–Crippen MR) is 156 cm³/mol. The second kappa shape index (κ2) is 15.0. The molecule has 2 aromatic carbocycles. The number of nitrogens with zero attached hydrogens (tertiary/aromatic N) is 2. The molecule has 4 rings (SSSR count). The molecule has 1 aromatic heterocycles. The van der Waals surface area contributed by atoms with E-state index in [1.54, 1.807) is 29.2 Å². The summed E-state index contributed by atoms with van der Waals surface area (Å²) in [5, 5.41) is 12.4. The molecule has 0 saturated carbocycles. The van der Waals surface area contributed by atoms with Crippen LogP contribution in [0.4, 0.5) is 27.6 Å². The third-order valence-corrected chi connectivity index (χ3v) is 8.98. The summed E-state index contributed by atoms with van der Waals surface area (Å²) in [4.78, 5) is 18.8.